The molecule has 2 N–H and O–H groups in total. The number of rotatable bonds is 1. The summed E-state index contributed by atoms with van der Waals surface area (Å²) in [6.45, 7) is 3.58. The zero-order chi connectivity index (χ0) is 15.3. The molecule has 5 nitrogen and oxygen atoms in total. The van der Waals surface area contributed by atoms with Gasteiger partial charge in [-0.05, 0) is 37.6 Å². The highest BCUT2D eigenvalue weighted by atomic mass is 35.5. The SMILES string of the molecule is Cc1cnc(C)c(N2C(=O)c3c(N)ccc(Cl)c3C2=O)c1. The quantitative estimate of drug-likeness (QED) is 0.649. The predicted octanol–water partition coefficient (Wildman–Crippen LogP) is 2.73. The van der Waals surface area contributed by atoms with Crippen LogP contribution in [0.15, 0.2) is 24.4 Å². The molecule has 0 fully saturated rings. The van der Waals surface area contributed by atoms with Crippen LogP contribution in [0.2, 0.25) is 5.02 Å². The van der Waals surface area contributed by atoms with Crippen LogP contribution in [0, 0.1) is 13.8 Å². The van der Waals surface area contributed by atoms with Gasteiger partial charge < -0.3 is 5.73 Å². The number of fused-ring (bicyclic) bond motifs is 1. The Bertz CT molecular complexity index is 761. The number of benzene rings is 1. The van der Waals surface area contributed by atoms with Crippen LogP contribution >= 0.6 is 11.6 Å². The highest BCUT2D eigenvalue weighted by Gasteiger charge is 2.40. The van der Waals surface area contributed by atoms with Crippen LogP contribution in [0.5, 0.6) is 0 Å². The molecular formula is C15H12ClN3O2. The topological polar surface area (TPSA) is 76.3 Å². The van der Waals surface area contributed by atoms with E-state index in [0.717, 1.165) is 10.5 Å². The summed E-state index contributed by atoms with van der Waals surface area (Å²) in [6, 6.07) is 4.79. The number of pyridine rings is 1. The second kappa shape index (κ2) is 4.56. The van der Waals surface area contributed by atoms with E-state index >= 15 is 0 Å². The molecule has 21 heavy (non-hydrogen) atoms. The normalized spacial score (nSPS) is 13.8. The molecule has 0 unspecified atom stereocenters. The molecular weight excluding hydrogens is 290 g/mol. The second-order valence-corrected chi connectivity index (χ2v) is 5.36. The molecule has 1 aromatic carbocycles. The maximum absolute atomic E-state index is 12.6. The van der Waals surface area contributed by atoms with Gasteiger partial charge in [-0.2, -0.15) is 0 Å². The first-order valence-electron chi connectivity index (χ1n) is 6.32. The minimum absolute atomic E-state index is 0.155. The maximum Gasteiger partial charge on any atom is 0.268 e. The van der Waals surface area contributed by atoms with Gasteiger partial charge in [-0.1, -0.05) is 11.6 Å². The fraction of sp³-hybridized carbons (Fsp3) is 0.133. The molecule has 0 spiro atoms. The Morgan fingerprint density at radius 2 is 1.81 bits per heavy atom. The molecule has 6 heteroatoms. The molecule has 0 bridgehead atoms. The summed E-state index contributed by atoms with van der Waals surface area (Å²) >= 11 is 6.05. The zero-order valence-corrected chi connectivity index (χ0v) is 12.2. The molecule has 2 heterocycles. The average molecular weight is 302 g/mol. The first-order valence-corrected chi connectivity index (χ1v) is 6.69. The summed E-state index contributed by atoms with van der Waals surface area (Å²) in [5.74, 6) is -0.937. The van der Waals surface area contributed by atoms with Gasteiger partial charge in [-0.15, -0.1) is 0 Å². The van der Waals surface area contributed by atoms with Gasteiger partial charge in [0.15, 0.2) is 0 Å². The molecule has 1 aromatic heterocycles. The number of nitrogens with two attached hydrogens (primary N) is 1. The Morgan fingerprint density at radius 3 is 2.48 bits per heavy atom. The van der Waals surface area contributed by atoms with Gasteiger partial charge in [0.05, 0.1) is 27.5 Å². The minimum Gasteiger partial charge on any atom is -0.398 e. The molecule has 2 amide bonds. The van der Waals surface area contributed by atoms with Gasteiger partial charge in [-0.3, -0.25) is 14.6 Å². The second-order valence-electron chi connectivity index (χ2n) is 4.95. The number of hydrogen-bond acceptors (Lipinski definition) is 4. The van der Waals surface area contributed by atoms with Crippen LogP contribution in [0.25, 0.3) is 0 Å². The van der Waals surface area contributed by atoms with Crippen molar-refractivity contribution in [3.8, 4) is 0 Å². The van der Waals surface area contributed by atoms with E-state index in [4.69, 9.17) is 17.3 Å². The van der Waals surface area contributed by atoms with Crippen LogP contribution in [0.4, 0.5) is 11.4 Å². The van der Waals surface area contributed by atoms with Crippen LogP contribution < -0.4 is 10.6 Å². The molecule has 1 aliphatic rings. The molecule has 106 valence electrons. The van der Waals surface area contributed by atoms with Crippen LogP contribution in [-0.4, -0.2) is 16.8 Å². The van der Waals surface area contributed by atoms with E-state index in [0.29, 0.717) is 11.4 Å². The molecule has 0 atom stereocenters. The lowest BCUT2D eigenvalue weighted by molar-refractivity contribution is 0.0926. The number of amides is 2. The van der Waals surface area contributed by atoms with E-state index in [2.05, 4.69) is 4.98 Å². The van der Waals surface area contributed by atoms with Crippen LogP contribution in [0.3, 0.4) is 0 Å². The van der Waals surface area contributed by atoms with Crippen molar-refractivity contribution >= 4 is 34.8 Å². The molecule has 3 rings (SSSR count). The van der Waals surface area contributed by atoms with Crippen molar-refractivity contribution in [3.63, 3.8) is 0 Å². The lowest BCUT2D eigenvalue weighted by atomic mass is 10.1. The number of carbonyl (C=O) groups is 2. The highest BCUT2D eigenvalue weighted by molar-refractivity contribution is 6.43. The van der Waals surface area contributed by atoms with E-state index in [1.54, 1.807) is 19.2 Å². The standard InChI is InChI=1S/C15H12ClN3O2/c1-7-5-11(8(2)18-6-7)19-14(20)12-9(16)3-4-10(17)13(12)15(19)21/h3-6H,17H2,1-2H3. The Morgan fingerprint density at radius 1 is 1.14 bits per heavy atom. The van der Waals surface area contributed by atoms with Gasteiger partial charge in [0.2, 0.25) is 0 Å². The zero-order valence-electron chi connectivity index (χ0n) is 11.5. The van der Waals surface area contributed by atoms with Gasteiger partial charge in [0.25, 0.3) is 11.8 Å². The van der Waals surface area contributed by atoms with Gasteiger partial charge >= 0.3 is 0 Å². The van der Waals surface area contributed by atoms with E-state index < -0.39 is 11.8 Å². The number of anilines is 2. The Hall–Kier alpha value is -2.40. The lowest BCUT2D eigenvalue weighted by Gasteiger charge is -2.16. The first kappa shape index (κ1) is 13.6. The van der Waals surface area contributed by atoms with Crippen molar-refractivity contribution in [3.05, 3.63) is 51.8 Å². The smallest absolute Gasteiger partial charge is 0.268 e. The van der Waals surface area contributed by atoms with Crippen molar-refractivity contribution in [2.45, 2.75) is 13.8 Å². The van der Waals surface area contributed by atoms with E-state index in [1.165, 1.54) is 12.1 Å². The van der Waals surface area contributed by atoms with Crippen molar-refractivity contribution in [2.75, 3.05) is 10.6 Å². The Labute approximate surface area is 126 Å². The fourth-order valence-electron chi connectivity index (χ4n) is 2.42. The largest absolute Gasteiger partial charge is 0.398 e. The van der Waals surface area contributed by atoms with Crippen molar-refractivity contribution in [1.29, 1.82) is 0 Å². The van der Waals surface area contributed by atoms with Crippen LogP contribution in [0.1, 0.15) is 32.0 Å². The van der Waals surface area contributed by atoms with Crippen molar-refractivity contribution in [1.82, 2.24) is 4.98 Å². The maximum atomic E-state index is 12.6. The average Bonchev–Trinajstić information content (AvgIpc) is 2.70. The summed E-state index contributed by atoms with van der Waals surface area (Å²) in [5, 5.41) is 0.221. The fourth-order valence-corrected chi connectivity index (χ4v) is 2.65. The number of imide groups is 1. The summed E-state index contributed by atoms with van der Waals surface area (Å²) in [6.07, 6.45) is 1.68. The summed E-state index contributed by atoms with van der Waals surface area (Å²) in [5.41, 5.74) is 8.28. The van der Waals surface area contributed by atoms with Gasteiger partial charge in [0.1, 0.15) is 0 Å². The number of carbonyl (C=O) groups excluding carboxylic acids is 2. The van der Waals surface area contributed by atoms with E-state index in [9.17, 15) is 9.59 Å². The van der Waals surface area contributed by atoms with E-state index in [1.807, 2.05) is 6.92 Å². The number of aryl methyl sites for hydroxylation is 2. The molecule has 1 aliphatic heterocycles. The molecule has 2 aromatic rings. The number of nitrogen functional groups attached to an aromatic ring is 1. The highest BCUT2D eigenvalue weighted by Crippen LogP contribution is 2.36. The van der Waals surface area contributed by atoms with E-state index in [-0.39, 0.29) is 21.8 Å². The monoisotopic (exact) mass is 301 g/mol. The third-order valence-electron chi connectivity index (χ3n) is 3.46. The predicted molar refractivity (Wildman–Crippen MR) is 80.7 cm³/mol. The number of hydrogen-bond donors (Lipinski definition) is 1. The summed E-state index contributed by atoms with van der Waals surface area (Å²) < 4.78 is 0. The van der Waals surface area contributed by atoms with Crippen molar-refractivity contribution in [2.24, 2.45) is 0 Å². The summed E-state index contributed by atoms with van der Waals surface area (Å²) in [4.78, 5) is 30.4. The third kappa shape index (κ3) is 1.89. The molecule has 0 aliphatic carbocycles. The lowest BCUT2D eigenvalue weighted by Crippen LogP contribution is -2.30. The summed E-state index contributed by atoms with van der Waals surface area (Å²) in [7, 11) is 0. The molecule has 0 radical (unpaired) electrons. The van der Waals surface area contributed by atoms with Crippen LogP contribution in [-0.2, 0) is 0 Å². The minimum atomic E-state index is -0.470. The van der Waals surface area contributed by atoms with Gasteiger partial charge in [-0.25, -0.2) is 4.90 Å². The van der Waals surface area contributed by atoms with Gasteiger partial charge in [0, 0.05) is 11.9 Å². The number of nitrogens with zero attached hydrogens (tertiary/aromatic N) is 2. The first-order chi connectivity index (χ1) is 9.91. The molecule has 0 saturated heterocycles. The number of aromatic nitrogens is 1. The number of halogens is 1. The Kier molecular flexibility index (Phi) is 2.95. The third-order valence-corrected chi connectivity index (χ3v) is 3.77. The van der Waals surface area contributed by atoms with Crippen molar-refractivity contribution < 1.29 is 9.59 Å². The Balaban J connectivity index is 2.23. The molecule has 0 saturated carbocycles.